The molecule has 0 amide bonds. The first-order chi connectivity index (χ1) is 35.5. The van der Waals surface area contributed by atoms with E-state index in [1.165, 1.54) is 105 Å². The third kappa shape index (κ3) is 5.66. The predicted octanol–water partition coefficient (Wildman–Crippen LogP) is 17.7. The van der Waals surface area contributed by atoms with Crippen molar-refractivity contribution >= 4 is 55.1 Å². The lowest BCUT2D eigenvalue weighted by Crippen LogP contribution is -2.30. The predicted molar refractivity (Wildman–Crippen MR) is 301 cm³/mol. The van der Waals surface area contributed by atoms with Gasteiger partial charge in [-0.05, 0) is 142 Å². The highest BCUT2D eigenvalue weighted by atomic mass is 15.2. The zero-order chi connectivity index (χ0) is 47.7. The number of nitrogens with zero attached hydrogens (tertiary/aromatic N) is 2. The van der Waals surface area contributed by atoms with Gasteiger partial charge in [-0.3, -0.25) is 0 Å². The van der Waals surface area contributed by atoms with Gasteiger partial charge in [0.25, 0.3) is 0 Å². The zero-order valence-corrected chi connectivity index (χ0v) is 40.3. The van der Waals surface area contributed by atoms with Gasteiger partial charge in [-0.25, -0.2) is 0 Å². The number of anilines is 4. The van der Waals surface area contributed by atoms with Crippen molar-refractivity contribution in [2.75, 3.05) is 9.80 Å². The molecule has 340 valence electrons. The molecular formula is C70H50N2. The molecule has 0 aromatic heterocycles. The number of para-hydroxylation sites is 1. The minimum atomic E-state index is -0.505. The van der Waals surface area contributed by atoms with Crippen LogP contribution in [-0.2, 0) is 10.8 Å². The lowest BCUT2D eigenvalue weighted by molar-refractivity contribution is 0.660. The Kier molecular flexibility index (Phi) is 8.78. The second-order valence-electron chi connectivity index (χ2n) is 20.7. The highest BCUT2D eigenvalue weighted by Gasteiger charge is 2.48. The van der Waals surface area contributed by atoms with Crippen molar-refractivity contribution in [3.05, 3.63) is 299 Å². The van der Waals surface area contributed by atoms with E-state index < -0.39 is 5.41 Å². The second kappa shape index (κ2) is 15.4. The summed E-state index contributed by atoms with van der Waals surface area (Å²) < 4.78 is 0. The van der Waals surface area contributed by atoms with Crippen molar-refractivity contribution in [1.29, 1.82) is 0 Å². The van der Waals surface area contributed by atoms with E-state index in [0.717, 1.165) is 17.1 Å². The molecule has 2 heteroatoms. The van der Waals surface area contributed by atoms with Crippen LogP contribution < -0.4 is 9.80 Å². The van der Waals surface area contributed by atoms with E-state index in [1.54, 1.807) is 0 Å². The van der Waals surface area contributed by atoms with Gasteiger partial charge < -0.3 is 9.80 Å². The van der Waals surface area contributed by atoms with Gasteiger partial charge in [-0.1, -0.05) is 220 Å². The number of hydrogen-bond donors (Lipinski definition) is 0. The zero-order valence-electron chi connectivity index (χ0n) is 40.3. The molecule has 11 aromatic rings. The Morgan fingerprint density at radius 1 is 0.403 bits per heavy atom. The fourth-order valence-corrected chi connectivity index (χ4v) is 13.7. The maximum Gasteiger partial charge on any atom is 0.0713 e. The van der Waals surface area contributed by atoms with E-state index in [9.17, 15) is 0 Å². The van der Waals surface area contributed by atoms with E-state index in [-0.39, 0.29) is 17.4 Å². The Balaban J connectivity index is 0.965. The van der Waals surface area contributed by atoms with Crippen LogP contribution in [0.15, 0.2) is 261 Å². The molecule has 0 radical (unpaired) electrons. The van der Waals surface area contributed by atoms with Crippen molar-refractivity contribution < 1.29 is 0 Å². The topological polar surface area (TPSA) is 6.48 Å². The van der Waals surface area contributed by atoms with Crippen LogP contribution in [0.3, 0.4) is 0 Å². The van der Waals surface area contributed by atoms with Crippen molar-refractivity contribution in [3.63, 3.8) is 0 Å². The molecule has 15 rings (SSSR count). The average molecular weight is 919 g/mol. The molecule has 0 saturated heterocycles. The summed E-state index contributed by atoms with van der Waals surface area (Å²) in [7, 11) is 0. The summed E-state index contributed by atoms with van der Waals surface area (Å²) in [4.78, 5) is 5.12. The van der Waals surface area contributed by atoms with Crippen molar-refractivity contribution in [2.24, 2.45) is 0 Å². The Hall–Kier alpha value is -8.72. The summed E-state index contributed by atoms with van der Waals surface area (Å²) in [5.41, 5.74) is 19.8. The summed E-state index contributed by atoms with van der Waals surface area (Å²) in [5.74, 6) is 0.0442. The van der Waals surface area contributed by atoms with Crippen LogP contribution in [0.4, 0.5) is 22.7 Å². The van der Waals surface area contributed by atoms with Crippen LogP contribution in [0, 0.1) is 0 Å². The highest BCUT2D eigenvalue weighted by Crippen LogP contribution is 2.59. The fourth-order valence-electron chi connectivity index (χ4n) is 13.7. The highest BCUT2D eigenvalue weighted by molar-refractivity contribution is 6.25. The number of allylic oxidation sites excluding steroid dienone is 1. The third-order valence-electron chi connectivity index (χ3n) is 16.8. The van der Waals surface area contributed by atoms with Gasteiger partial charge in [0.05, 0.1) is 11.5 Å². The normalized spacial score (nSPS) is 17.2. The molecule has 0 fully saturated rings. The van der Waals surface area contributed by atoms with Crippen LogP contribution in [0.2, 0.25) is 0 Å². The maximum atomic E-state index is 2.58. The Morgan fingerprint density at radius 2 is 0.917 bits per heavy atom. The smallest absolute Gasteiger partial charge is 0.0713 e. The lowest BCUT2D eigenvalue weighted by atomic mass is 9.67. The van der Waals surface area contributed by atoms with Crippen molar-refractivity contribution in [1.82, 2.24) is 0 Å². The van der Waals surface area contributed by atoms with Gasteiger partial charge >= 0.3 is 0 Å². The molecule has 72 heavy (non-hydrogen) atoms. The maximum absolute atomic E-state index is 2.58. The van der Waals surface area contributed by atoms with Gasteiger partial charge in [0.15, 0.2) is 0 Å². The van der Waals surface area contributed by atoms with Gasteiger partial charge in [-0.15, -0.1) is 0 Å². The minimum Gasteiger partial charge on any atom is -0.333 e. The summed E-state index contributed by atoms with van der Waals surface area (Å²) in [5, 5.41) is 7.64. The molecule has 0 saturated carbocycles. The first kappa shape index (κ1) is 41.1. The first-order valence-electron chi connectivity index (χ1n) is 25.5. The van der Waals surface area contributed by atoms with E-state index in [0.29, 0.717) is 0 Å². The van der Waals surface area contributed by atoms with Gasteiger partial charge in [0.1, 0.15) is 0 Å². The third-order valence-corrected chi connectivity index (χ3v) is 16.8. The standard InChI is InChI=1S/C70H50N2/c1-69(2)63-30-16-13-27-56(63)59-38-35-50(44-66(59)69)71(48-34-37-55-53-25-10-9-23-51(53)52-24-11-12-26-54(52)60(55)42-48)49-36-40-68-62(43-49)61-41-46(33-39-67(61)72(68)47-21-7-4-8-22-47)70(45-19-5-3-6-20-45)64-31-17-14-28-57(64)58-29-15-18-32-65(58)70/h3-44,62,68H,1-2H3. The molecule has 1 aliphatic heterocycles. The monoisotopic (exact) mass is 918 g/mol. The summed E-state index contributed by atoms with van der Waals surface area (Å²) in [6.07, 6.45) is 7.45. The number of rotatable bonds is 6. The largest absolute Gasteiger partial charge is 0.333 e. The van der Waals surface area contributed by atoms with Crippen LogP contribution in [0.25, 0.3) is 54.6 Å². The van der Waals surface area contributed by atoms with Crippen LogP contribution in [0.5, 0.6) is 0 Å². The summed E-state index contributed by atoms with van der Waals surface area (Å²) >= 11 is 0. The van der Waals surface area contributed by atoms with Crippen molar-refractivity contribution in [3.8, 4) is 22.3 Å². The van der Waals surface area contributed by atoms with Gasteiger partial charge in [-0.2, -0.15) is 0 Å². The fraction of sp³-hybridized carbons (Fsp3) is 0.0857. The van der Waals surface area contributed by atoms with E-state index in [2.05, 4.69) is 278 Å². The van der Waals surface area contributed by atoms with Crippen molar-refractivity contribution in [2.45, 2.75) is 36.6 Å². The van der Waals surface area contributed by atoms with Crippen LogP contribution >= 0.6 is 0 Å². The molecule has 2 unspecified atom stereocenters. The molecule has 0 spiro atoms. The van der Waals surface area contributed by atoms with Gasteiger partial charge in [0.2, 0.25) is 0 Å². The minimum absolute atomic E-state index is 0.0442. The van der Waals surface area contributed by atoms with Crippen LogP contribution in [-0.4, -0.2) is 6.04 Å². The van der Waals surface area contributed by atoms with E-state index in [4.69, 9.17) is 0 Å². The molecule has 1 heterocycles. The SMILES string of the molecule is CC1(C)c2ccccc2-c2ccc(N(C3=CC4c5cc(C6(c7ccccc7)c7ccccc7-c7ccccc76)ccc5N(c5ccccc5)C4C=C3)c3ccc4c5ccccc5c5ccccc5c4c3)cc21. The van der Waals surface area contributed by atoms with E-state index >= 15 is 0 Å². The second-order valence-corrected chi connectivity index (χ2v) is 20.7. The number of benzene rings is 11. The van der Waals surface area contributed by atoms with Gasteiger partial charge in [0, 0.05) is 39.8 Å². The lowest BCUT2D eigenvalue weighted by Gasteiger charge is -2.34. The average Bonchev–Trinajstić information content (AvgIpc) is 4.02. The molecule has 0 N–H and O–H groups in total. The molecule has 0 bridgehead atoms. The molecule has 2 nitrogen and oxygen atoms in total. The molecule has 11 aromatic carbocycles. The molecule has 2 atom stereocenters. The Labute approximate surface area is 421 Å². The summed E-state index contributed by atoms with van der Waals surface area (Å²) in [6.45, 7) is 4.77. The van der Waals surface area contributed by atoms with Crippen LogP contribution in [0.1, 0.15) is 58.7 Å². The molecule has 4 aliphatic rings. The number of hydrogen-bond acceptors (Lipinski definition) is 2. The number of fused-ring (bicyclic) bond motifs is 15. The van der Waals surface area contributed by atoms with E-state index in [1.807, 2.05) is 0 Å². The Morgan fingerprint density at radius 3 is 1.58 bits per heavy atom. The summed E-state index contributed by atoms with van der Waals surface area (Å²) in [6, 6.07) is 89.0. The molecular weight excluding hydrogens is 869 g/mol. The quantitative estimate of drug-likeness (QED) is 0.153. The first-order valence-corrected chi connectivity index (χ1v) is 25.5. The molecule has 3 aliphatic carbocycles. The Bertz CT molecular complexity index is 4020.